The topological polar surface area (TPSA) is 17.1 Å². The van der Waals surface area contributed by atoms with E-state index in [9.17, 15) is 30.0 Å². The Labute approximate surface area is 164 Å². The molecular formula is C20H15F6OPS. The van der Waals surface area contributed by atoms with Gasteiger partial charge < -0.3 is 0 Å². The molecule has 4 aromatic rings. The Kier molecular flexibility index (Phi) is 4.80. The predicted molar refractivity (Wildman–Crippen MR) is 110 cm³/mol. The van der Waals surface area contributed by atoms with Crippen molar-refractivity contribution in [2.24, 2.45) is 0 Å². The summed E-state index contributed by atoms with van der Waals surface area (Å²) >= 11 is 0. The van der Waals surface area contributed by atoms with E-state index in [1.54, 1.807) is 0 Å². The van der Waals surface area contributed by atoms with Crippen LogP contribution in [0.25, 0.3) is 25.1 Å². The molecule has 0 unspecified atom stereocenters. The van der Waals surface area contributed by atoms with Crippen LogP contribution in [0.3, 0.4) is 0 Å². The van der Waals surface area contributed by atoms with Crippen molar-refractivity contribution in [2.45, 2.75) is 6.92 Å². The fourth-order valence-electron chi connectivity index (χ4n) is 2.86. The Bertz CT molecular complexity index is 1190. The van der Waals surface area contributed by atoms with E-state index in [-0.39, 0.29) is 15.9 Å². The van der Waals surface area contributed by atoms with Gasteiger partial charge >= 0.3 is 33.0 Å². The monoisotopic (exact) mass is 448 g/mol. The third-order valence-electron chi connectivity index (χ3n) is 3.96. The molecule has 1 nitrogen and oxygen atoms in total. The SMILES string of the molecule is Cc1ccc(-[s+]2c3ccccc3c(=O)c3ccccc32)cc1.F[P-](F)(F)(F)(F)F. The van der Waals surface area contributed by atoms with Crippen molar-refractivity contribution >= 4 is 38.5 Å². The Morgan fingerprint density at radius 3 is 1.45 bits per heavy atom. The Morgan fingerprint density at radius 2 is 1.03 bits per heavy atom. The van der Waals surface area contributed by atoms with Crippen LogP contribution in [0.4, 0.5) is 25.2 Å². The molecule has 0 aliphatic rings. The number of halogens is 6. The molecule has 0 aliphatic heterocycles. The van der Waals surface area contributed by atoms with Crippen molar-refractivity contribution in [3.8, 4) is 4.90 Å². The third kappa shape index (κ3) is 5.78. The maximum absolute atomic E-state index is 12.7. The van der Waals surface area contributed by atoms with Gasteiger partial charge in [-0.1, -0.05) is 42.0 Å². The first-order valence-electron chi connectivity index (χ1n) is 8.31. The average Bonchev–Trinajstić information content (AvgIpc) is 2.61. The molecule has 154 valence electrons. The molecule has 1 heterocycles. The molecule has 0 saturated carbocycles. The quantitative estimate of drug-likeness (QED) is 0.123. The molecule has 0 spiro atoms. The minimum absolute atomic E-state index is 0.141. The normalized spacial score (nSPS) is 14.0. The van der Waals surface area contributed by atoms with Gasteiger partial charge in [0.05, 0.1) is 10.8 Å². The van der Waals surface area contributed by atoms with Gasteiger partial charge in [-0.3, -0.25) is 4.79 Å². The van der Waals surface area contributed by atoms with Gasteiger partial charge in [0.25, 0.3) is 0 Å². The van der Waals surface area contributed by atoms with E-state index in [1.807, 2.05) is 36.4 Å². The van der Waals surface area contributed by atoms with E-state index in [1.165, 1.54) is 10.5 Å². The molecule has 0 atom stereocenters. The molecule has 0 fully saturated rings. The number of benzene rings is 3. The summed E-state index contributed by atoms with van der Waals surface area (Å²) in [7, 11) is -10.9. The van der Waals surface area contributed by atoms with Gasteiger partial charge in [-0.2, -0.15) is 0 Å². The fourth-order valence-corrected chi connectivity index (χ4v) is 5.20. The van der Waals surface area contributed by atoms with E-state index in [0.29, 0.717) is 0 Å². The van der Waals surface area contributed by atoms with Gasteiger partial charge in [-0.05, 0) is 43.3 Å². The summed E-state index contributed by atoms with van der Waals surface area (Å²) in [6.07, 6.45) is 0. The van der Waals surface area contributed by atoms with Crippen molar-refractivity contribution in [1.82, 2.24) is 0 Å². The summed E-state index contributed by atoms with van der Waals surface area (Å²) in [5.41, 5.74) is 1.39. The molecule has 9 heteroatoms. The fraction of sp³-hybridized carbons (Fsp3) is 0.0500. The number of rotatable bonds is 1. The first kappa shape index (κ1) is 21.3. The summed E-state index contributed by atoms with van der Waals surface area (Å²) in [4.78, 5) is 14.0. The molecule has 0 N–H and O–H groups in total. The summed E-state index contributed by atoms with van der Waals surface area (Å²) in [6.45, 7) is 2.10. The summed E-state index contributed by atoms with van der Waals surface area (Å²) in [5.74, 6) is 0. The molecule has 0 radical (unpaired) electrons. The molecule has 1 aromatic heterocycles. The zero-order valence-corrected chi connectivity index (χ0v) is 16.7. The van der Waals surface area contributed by atoms with E-state index < -0.39 is 7.81 Å². The first-order valence-corrected chi connectivity index (χ1v) is 11.6. The second-order valence-electron chi connectivity index (χ2n) is 6.40. The van der Waals surface area contributed by atoms with Crippen molar-refractivity contribution in [2.75, 3.05) is 0 Å². The van der Waals surface area contributed by atoms with E-state index in [0.717, 1.165) is 20.2 Å². The van der Waals surface area contributed by atoms with Crippen LogP contribution in [0.5, 0.6) is 0 Å². The van der Waals surface area contributed by atoms with Gasteiger partial charge in [-0.25, -0.2) is 0 Å². The number of hydrogen-bond donors (Lipinski definition) is 0. The van der Waals surface area contributed by atoms with Crippen LogP contribution in [-0.4, -0.2) is 0 Å². The standard InChI is InChI=1S/C20H15OS.F6P/c1-14-10-12-15(13-11-14)22-18-8-4-2-6-16(18)20(21)17-7-3-5-9-19(17)22;1-7(2,3,4,5)6/h2-13H,1H3;/q+1;-1. The van der Waals surface area contributed by atoms with Crippen LogP contribution in [0.15, 0.2) is 77.6 Å². The van der Waals surface area contributed by atoms with Crippen molar-refractivity contribution in [1.29, 1.82) is 0 Å². The van der Waals surface area contributed by atoms with Gasteiger partial charge in [0.1, 0.15) is 0 Å². The molecule has 4 rings (SSSR count). The summed E-state index contributed by atoms with van der Waals surface area (Å²) in [6, 6.07) is 24.7. The molecule has 0 amide bonds. The predicted octanol–water partition coefficient (Wildman–Crippen LogP) is 8.78. The zero-order valence-electron chi connectivity index (χ0n) is 15.0. The number of hydrogen-bond acceptors (Lipinski definition) is 1. The molecule has 29 heavy (non-hydrogen) atoms. The van der Waals surface area contributed by atoms with Crippen molar-refractivity contribution in [3.63, 3.8) is 0 Å². The van der Waals surface area contributed by atoms with E-state index in [2.05, 4.69) is 43.3 Å². The number of aryl methyl sites for hydroxylation is 1. The molecule has 0 bridgehead atoms. The molecule has 0 aliphatic carbocycles. The van der Waals surface area contributed by atoms with Gasteiger partial charge in [0.15, 0.2) is 14.3 Å². The van der Waals surface area contributed by atoms with Crippen LogP contribution < -0.4 is 5.43 Å². The zero-order chi connectivity index (χ0) is 21.5. The Hall–Kier alpha value is -2.44. The molecular weight excluding hydrogens is 433 g/mol. The molecule has 0 saturated heterocycles. The van der Waals surface area contributed by atoms with Gasteiger partial charge in [0.2, 0.25) is 5.43 Å². The Morgan fingerprint density at radius 1 is 0.655 bits per heavy atom. The van der Waals surface area contributed by atoms with Gasteiger partial charge in [-0.15, -0.1) is 0 Å². The van der Waals surface area contributed by atoms with Crippen LogP contribution >= 0.6 is 18.3 Å². The van der Waals surface area contributed by atoms with Crippen LogP contribution in [0.1, 0.15) is 5.56 Å². The molecule has 3 aromatic carbocycles. The summed E-state index contributed by atoms with van der Waals surface area (Å²) in [5, 5.41) is 1.68. The average molecular weight is 448 g/mol. The van der Waals surface area contributed by atoms with E-state index in [4.69, 9.17) is 0 Å². The maximum atomic E-state index is 12.7. The van der Waals surface area contributed by atoms with E-state index >= 15 is 0 Å². The van der Waals surface area contributed by atoms with Crippen LogP contribution in [-0.2, 0) is 0 Å². The first-order chi connectivity index (χ1) is 13.2. The van der Waals surface area contributed by atoms with Crippen LogP contribution in [0, 0.1) is 6.92 Å². The van der Waals surface area contributed by atoms with Crippen molar-refractivity contribution < 1.29 is 25.2 Å². The van der Waals surface area contributed by atoms with Gasteiger partial charge in [0, 0.05) is 10.5 Å². The minimum atomic E-state index is -10.7. The second-order valence-corrected chi connectivity index (χ2v) is 10.3. The Balaban J connectivity index is 0.000000298. The third-order valence-corrected chi connectivity index (χ3v) is 6.30. The number of fused-ring (bicyclic) bond motifs is 2. The van der Waals surface area contributed by atoms with Crippen molar-refractivity contribution in [3.05, 3.63) is 88.6 Å². The van der Waals surface area contributed by atoms with Crippen LogP contribution in [0.2, 0.25) is 0 Å². The summed E-state index contributed by atoms with van der Waals surface area (Å²) < 4.78 is 61.5. The second kappa shape index (κ2) is 6.54.